The molecule has 1 atom stereocenters. The molecule has 1 aromatic carbocycles. The van der Waals surface area contributed by atoms with E-state index in [-0.39, 0.29) is 0 Å². The molecule has 12 heavy (non-hydrogen) atoms. The molecule has 0 spiro atoms. The molecule has 0 aliphatic carbocycles. The quantitative estimate of drug-likeness (QED) is 0.614. The van der Waals surface area contributed by atoms with Crippen molar-refractivity contribution in [2.24, 2.45) is 0 Å². The molecule has 1 aromatic heterocycles. The molecule has 4 heteroatoms. The van der Waals surface area contributed by atoms with Gasteiger partial charge in [-0.05, 0) is 29.9 Å². The number of hydrogen-bond donors (Lipinski definition) is 1. The number of oxazole rings is 1. The van der Waals surface area contributed by atoms with Crippen LogP contribution in [0.3, 0.4) is 0 Å². The minimum atomic E-state index is -0.403. The zero-order valence-electron chi connectivity index (χ0n) is 6.55. The maximum Gasteiger partial charge on any atom is 0.417 e. The van der Waals surface area contributed by atoms with Crippen molar-refractivity contribution in [1.82, 2.24) is 4.98 Å². The van der Waals surface area contributed by atoms with E-state index in [0.717, 1.165) is 16.4 Å². The van der Waals surface area contributed by atoms with Crippen LogP contribution in [0.25, 0.3) is 11.1 Å². The van der Waals surface area contributed by atoms with E-state index in [1.54, 1.807) is 0 Å². The number of nitrogens with one attached hydrogen (secondary N) is 1. The van der Waals surface area contributed by atoms with Gasteiger partial charge in [-0.2, -0.15) is 0 Å². The smallest absolute Gasteiger partial charge is 0.408 e. The van der Waals surface area contributed by atoms with Crippen molar-refractivity contribution < 1.29 is 4.42 Å². The Hall–Kier alpha value is -1.08. The van der Waals surface area contributed by atoms with Gasteiger partial charge in [-0.25, -0.2) is 4.79 Å². The van der Waals surface area contributed by atoms with Crippen LogP contribution >= 0.6 is 9.24 Å². The first-order valence-corrected chi connectivity index (χ1v) is 4.13. The predicted molar refractivity (Wildman–Crippen MR) is 50.9 cm³/mol. The molecule has 0 aliphatic rings. The van der Waals surface area contributed by atoms with E-state index >= 15 is 0 Å². The number of hydrogen-bond acceptors (Lipinski definition) is 2. The molecule has 2 rings (SSSR count). The van der Waals surface area contributed by atoms with E-state index in [1.165, 1.54) is 0 Å². The number of fused-ring (bicyclic) bond motifs is 1. The van der Waals surface area contributed by atoms with Gasteiger partial charge in [0.1, 0.15) is 0 Å². The first-order valence-electron chi connectivity index (χ1n) is 3.56. The Morgan fingerprint density at radius 1 is 1.50 bits per heavy atom. The topological polar surface area (TPSA) is 46.0 Å². The summed E-state index contributed by atoms with van der Waals surface area (Å²) in [7, 11) is 2.61. The first kappa shape index (κ1) is 7.56. The van der Waals surface area contributed by atoms with Crippen LogP contribution in [-0.2, 0) is 0 Å². The summed E-state index contributed by atoms with van der Waals surface area (Å²) in [6.45, 7) is 1.97. The molecule has 1 unspecified atom stereocenters. The molecule has 1 heterocycles. The third-order valence-corrected chi connectivity index (χ3v) is 2.43. The zero-order chi connectivity index (χ0) is 8.72. The summed E-state index contributed by atoms with van der Waals surface area (Å²) < 4.78 is 4.88. The largest absolute Gasteiger partial charge is 0.417 e. The van der Waals surface area contributed by atoms with Crippen LogP contribution in [0, 0.1) is 6.92 Å². The Labute approximate surface area is 71.0 Å². The van der Waals surface area contributed by atoms with E-state index in [4.69, 9.17) is 4.42 Å². The summed E-state index contributed by atoms with van der Waals surface area (Å²) in [5.41, 5.74) is 2.45. The number of aromatic nitrogens is 1. The van der Waals surface area contributed by atoms with E-state index in [1.807, 2.05) is 19.1 Å². The summed E-state index contributed by atoms with van der Waals surface area (Å²) in [6, 6.07) is 3.72. The Morgan fingerprint density at radius 3 is 3.00 bits per heavy atom. The van der Waals surface area contributed by atoms with Crippen molar-refractivity contribution in [2.45, 2.75) is 6.92 Å². The molecule has 0 fully saturated rings. The number of H-pyrrole nitrogens is 1. The third-order valence-electron chi connectivity index (χ3n) is 1.81. The predicted octanol–water partition coefficient (Wildman–Crippen LogP) is 0.930. The highest BCUT2D eigenvalue weighted by atomic mass is 31.0. The Morgan fingerprint density at radius 2 is 2.25 bits per heavy atom. The van der Waals surface area contributed by atoms with Gasteiger partial charge in [0, 0.05) is 0 Å². The molecule has 62 valence electrons. The number of aromatic amines is 1. The zero-order valence-corrected chi connectivity index (χ0v) is 7.70. The van der Waals surface area contributed by atoms with Gasteiger partial charge in [-0.3, -0.25) is 4.98 Å². The summed E-state index contributed by atoms with van der Waals surface area (Å²) in [5.74, 6) is -0.403. The van der Waals surface area contributed by atoms with Gasteiger partial charge in [0.2, 0.25) is 0 Å². The summed E-state index contributed by atoms with van der Waals surface area (Å²) in [5, 5.41) is 1.07. The fourth-order valence-electron chi connectivity index (χ4n) is 1.12. The standard InChI is InChI=1S/C8H8NO2P/c1-4-2-6-5(3-7(4)12)9-8(10)11-6/h2-3H,12H2,1H3,(H,9,10). The van der Waals surface area contributed by atoms with Crippen LogP contribution in [0.1, 0.15) is 5.56 Å². The van der Waals surface area contributed by atoms with Crippen LogP contribution < -0.4 is 11.1 Å². The lowest BCUT2D eigenvalue weighted by molar-refractivity contribution is 0.555. The van der Waals surface area contributed by atoms with Gasteiger partial charge in [0.05, 0.1) is 5.52 Å². The molecule has 0 saturated carbocycles. The molecule has 2 aromatic rings. The molecule has 0 saturated heterocycles. The Balaban J connectivity index is 2.92. The lowest BCUT2D eigenvalue weighted by Crippen LogP contribution is -1.96. The van der Waals surface area contributed by atoms with Gasteiger partial charge >= 0.3 is 5.76 Å². The van der Waals surface area contributed by atoms with E-state index < -0.39 is 5.76 Å². The lowest BCUT2D eigenvalue weighted by Gasteiger charge is -1.96. The highest BCUT2D eigenvalue weighted by Gasteiger charge is 2.02. The SMILES string of the molecule is Cc1cc2oc(=O)[nH]c2cc1P. The van der Waals surface area contributed by atoms with Crippen LogP contribution in [0.15, 0.2) is 21.3 Å². The number of benzene rings is 1. The summed E-state index contributed by atoms with van der Waals surface area (Å²) in [6.07, 6.45) is 0. The van der Waals surface area contributed by atoms with Crippen molar-refractivity contribution in [3.8, 4) is 0 Å². The van der Waals surface area contributed by atoms with Crippen molar-refractivity contribution in [1.29, 1.82) is 0 Å². The molecule has 0 amide bonds. The van der Waals surface area contributed by atoms with Gasteiger partial charge in [-0.15, -0.1) is 9.24 Å². The minimum absolute atomic E-state index is 0.403. The summed E-state index contributed by atoms with van der Waals surface area (Å²) >= 11 is 0. The second-order valence-electron chi connectivity index (χ2n) is 2.72. The number of rotatable bonds is 0. The molecule has 0 bridgehead atoms. The van der Waals surface area contributed by atoms with Gasteiger partial charge < -0.3 is 4.42 Å². The lowest BCUT2D eigenvalue weighted by atomic mass is 10.2. The van der Waals surface area contributed by atoms with Crippen LogP contribution in [0.4, 0.5) is 0 Å². The average molecular weight is 181 g/mol. The second-order valence-corrected chi connectivity index (χ2v) is 3.34. The van der Waals surface area contributed by atoms with E-state index in [9.17, 15) is 4.79 Å². The van der Waals surface area contributed by atoms with E-state index in [2.05, 4.69) is 14.2 Å². The van der Waals surface area contributed by atoms with Gasteiger partial charge in [0.15, 0.2) is 5.58 Å². The Kier molecular flexibility index (Phi) is 1.55. The average Bonchev–Trinajstić information content (AvgIpc) is 2.30. The Bertz CT molecular complexity index is 441. The van der Waals surface area contributed by atoms with E-state index in [0.29, 0.717) is 5.58 Å². The van der Waals surface area contributed by atoms with Crippen LogP contribution in [0.2, 0.25) is 0 Å². The molecule has 0 radical (unpaired) electrons. The van der Waals surface area contributed by atoms with Crippen molar-refractivity contribution in [3.63, 3.8) is 0 Å². The molecular formula is C8H8NO2P. The highest BCUT2D eigenvalue weighted by molar-refractivity contribution is 7.27. The maximum absolute atomic E-state index is 10.8. The first-order chi connectivity index (χ1) is 5.66. The molecule has 1 N–H and O–H groups in total. The fourth-order valence-corrected chi connectivity index (χ4v) is 1.37. The maximum atomic E-state index is 10.8. The normalized spacial score (nSPS) is 10.8. The molecule has 3 nitrogen and oxygen atoms in total. The van der Waals surface area contributed by atoms with Crippen molar-refractivity contribution in [2.75, 3.05) is 0 Å². The van der Waals surface area contributed by atoms with Crippen LogP contribution in [-0.4, -0.2) is 4.98 Å². The third kappa shape index (κ3) is 1.07. The fraction of sp³-hybridized carbons (Fsp3) is 0.125. The van der Waals surface area contributed by atoms with Crippen molar-refractivity contribution >= 4 is 25.6 Å². The summed E-state index contributed by atoms with van der Waals surface area (Å²) in [4.78, 5) is 13.4. The van der Waals surface area contributed by atoms with Crippen molar-refractivity contribution in [3.05, 3.63) is 28.2 Å². The molecule has 0 aliphatic heterocycles. The monoisotopic (exact) mass is 181 g/mol. The highest BCUT2D eigenvalue weighted by Crippen LogP contribution is 2.11. The number of aryl methyl sites for hydroxylation is 1. The minimum Gasteiger partial charge on any atom is -0.408 e. The van der Waals surface area contributed by atoms with Gasteiger partial charge in [-0.1, -0.05) is 0 Å². The molecular weight excluding hydrogens is 173 g/mol. The van der Waals surface area contributed by atoms with Gasteiger partial charge in [0.25, 0.3) is 0 Å². The van der Waals surface area contributed by atoms with Crippen LogP contribution in [0.5, 0.6) is 0 Å². The second kappa shape index (κ2) is 2.46.